The highest BCUT2D eigenvalue weighted by molar-refractivity contribution is 7.89. The van der Waals surface area contributed by atoms with Crippen LogP contribution < -0.4 is 10.0 Å². The number of amides is 1. The number of carbonyl (C=O) groups is 1. The molecule has 1 aromatic heterocycles. The molecule has 0 atom stereocenters. The molecule has 3 aromatic rings. The number of hydrogen-bond donors (Lipinski definition) is 2. The third-order valence-corrected chi connectivity index (χ3v) is 6.27. The van der Waals surface area contributed by atoms with E-state index >= 15 is 0 Å². The second-order valence-corrected chi connectivity index (χ2v) is 8.93. The van der Waals surface area contributed by atoms with Gasteiger partial charge in [0.2, 0.25) is 15.9 Å². The first-order chi connectivity index (χ1) is 14.8. The zero-order valence-electron chi connectivity index (χ0n) is 17.8. The number of carbonyl (C=O) groups excluding carboxylic acids is 1. The monoisotopic (exact) mass is 438 g/mol. The van der Waals surface area contributed by atoms with Crippen molar-refractivity contribution in [3.8, 4) is 5.69 Å². The van der Waals surface area contributed by atoms with Crippen molar-refractivity contribution in [3.63, 3.8) is 0 Å². The van der Waals surface area contributed by atoms with Gasteiger partial charge in [-0.15, -0.1) is 0 Å². The number of benzene rings is 2. The molecule has 7 nitrogen and oxygen atoms in total. The molecule has 0 aliphatic rings. The van der Waals surface area contributed by atoms with Crippen LogP contribution in [0.1, 0.15) is 22.5 Å². The lowest BCUT2D eigenvalue weighted by Crippen LogP contribution is -2.34. The Morgan fingerprint density at radius 3 is 2.35 bits per heavy atom. The largest absolute Gasteiger partial charge is 0.351 e. The van der Waals surface area contributed by atoms with Gasteiger partial charge in [0.05, 0.1) is 16.3 Å². The average Bonchev–Trinajstić information content (AvgIpc) is 3.04. The predicted molar refractivity (Wildman–Crippen MR) is 121 cm³/mol. The molecular weight excluding hydrogens is 412 g/mol. The summed E-state index contributed by atoms with van der Waals surface area (Å²) >= 11 is 0. The Bertz CT molecular complexity index is 1180. The lowest BCUT2D eigenvalue weighted by atomic mass is 10.2. The van der Waals surface area contributed by atoms with Crippen molar-refractivity contribution in [2.24, 2.45) is 0 Å². The average molecular weight is 439 g/mol. The van der Waals surface area contributed by atoms with Crippen molar-refractivity contribution in [3.05, 3.63) is 83.2 Å². The van der Waals surface area contributed by atoms with Crippen LogP contribution in [0, 0.1) is 20.8 Å². The highest BCUT2D eigenvalue weighted by Gasteiger charge is 2.13. The third kappa shape index (κ3) is 5.68. The van der Waals surface area contributed by atoms with E-state index in [1.807, 2.05) is 55.8 Å². The van der Waals surface area contributed by atoms with Gasteiger partial charge in [0, 0.05) is 30.4 Å². The van der Waals surface area contributed by atoms with Gasteiger partial charge in [-0.25, -0.2) is 17.8 Å². The van der Waals surface area contributed by atoms with Gasteiger partial charge in [-0.3, -0.25) is 4.79 Å². The molecule has 3 rings (SSSR count). The van der Waals surface area contributed by atoms with E-state index < -0.39 is 10.0 Å². The molecule has 8 heteroatoms. The van der Waals surface area contributed by atoms with Gasteiger partial charge in [-0.05, 0) is 51.1 Å². The van der Waals surface area contributed by atoms with E-state index in [1.165, 1.54) is 6.08 Å². The van der Waals surface area contributed by atoms with Crippen molar-refractivity contribution >= 4 is 22.0 Å². The molecular formula is C23H26N4O3S. The lowest BCUT2D eigenvalue weighted by molar-refractivity contribution is -0.116. The fraction of sp³-hybridized carbons (Fsp3) is 0.217. The van der Waals surface area contributed by atoms with Crippen molar-refractivity contribution in [1.82, 2.24) is 19.8 Å². The number of rotatable bonds is 8. The molecule has 0 spiro atoms. The first kappa shape index (κ1) is 22.5. The summed E-state index contributed by atoms with van der Waals surface area (Å²) in [6, 6.07) is 16.4. The van der Waals surface area contributed by atoms with E-state index in [-0.39, 0.29) is 23.9 Å². The fourth-order valence-electron chi connectivity index (χ4n) is 3.11. The molecule has 2 aromatic carbocycles. The maximum absolute atomic E-state index is 12.2. The summed E-state index contributed by atoms with van der Waals surface area (Å²) in [5, 5.41) is 7.24. The van der Waals surface area contributed by atoms with E-state index in [9.17, 15) is 13.2 Å². The van der Waals surface area contributed by atoms with E-state index in [0.29, 0.717) is 0 Å². The number of hydrogen-bond acceptors (Lipinski definition) is 4. The second-order valence-electron chi connectivity index (χ2n) is 7.17. The molecule has 31 heavy (non-hydrogen) atoms. The van der Waals surface area contributed by atoms with Gasteiger partial charge in [-0.2, -0.15) is 5.10 Å². The Labute approximate surface area is 182 Å². The van der Waals surface area contributed by atoms with Crippen LogP contribution in [-0.2, 0) is 14.8 Å². The topological polar surface area (TPSA) is 93.1 Å². The van der Waals surface area contributed by atoms with Gasteiger partial charge in [-0.1, -0.05) is 35.9 Å². The SMILES string of the molecule is Cc1ccc(S(=O)(=O)NCCNC(=O)C=Cc2c(C)nn(-c3ccccc3)c2C)cc1. The van der Waals surface area contributed by atoms with Crippen LogP contribution >= 0.6 is 0 Å². The minimum absolute atomic E-state index is 0.0970. The summed E-state index contributed by atoms with van der Waals surface area (Å²) in [7, 11) is -3.60. The number of para-hydroxylation sites is 1. The normalized spacial score (nSPS) is 11.7. The van der Waals surface area contributed by atoms with Crippen molar-refractivity contribution in [2.75, 3.05) is 13.1 Å². The molecule has 2 N–H and O–H groups in total. The number of nitrogens with zero attached hydrogens (tertiary/aromatic N) is 2. The lowest BCUT2D eigenvalue weighted by Gasteiger charge is -2.07. The zero-order chi connectivity index (χ0) is 22.4. The number of nitrogens with one attached hydrogen (secondary N) is 2. The number of aromatic nitrogens is 2. The van der Waals surface area contributed by atoms with Crippen LogP contribution in [0.5, 0.6) is 0 Å². The smallest absolute Gasteiger partial charge is 0.244 e. The van der Waals surface area contributed by atoms with Crippen LogP contribution in [0.25, 0.3) is 11.8 Å². The molecule has 0 aliphatic carbocycles. The Balaban J connectivity index is 1.54. The Hall–Kier alpha value is -3.23. The van der Waals surface area contributed by atoms with E-state index in [4.69, 9.17) is 0 Å². The van der Waals surface area contributed by atoms with Crippen LogP contribution in [0.15, 0.2) is 65.6 Å². The van der Waals surface area contributed by atoms with Crippen LogP contribution in [0.2, 0.25) is 0 Å². The second kappa shape index (κ2) is 9.72. The highest BCUT2D eigenvalue weighted by atomic mass is 32.2. The van der Waals surface area contributed by atoms with E-state index in [1.54, 1.807) is 30.3 Å². The minimum Gasteiger partial charge on any atom is -0.351 e. The van der Waals surface area contributed by atoms with E-state index in [2.05, 4.69) is 15.1 Å². The maximum atomic E-state index is 12.2. The quantitative estimate of drug-likeness (QED) is 0.418. The summed E-state index contributed by atoms with van der Waals surface area (Å²) in [6.07, 6.45) is 3.16. The summed E-state index contributed by atoms with van der Waals surface area (Å²) < 4.78 is 28.8. The van der Waals surface area contributed by atoms with Crippen LogP contribution in [-0.4, -0.2) is 37.2 Å². The fourth-order valence-corrected chi connectivity index (χ4v) is 4.14. The molecule has 0 radical (unpaired) electrons. The molecule has 162 valence electrons. The molecule has 0 saturated heterocycles. The maximum Gasteiger partial charge on any atom is 0.244 e. The zero-order valence-corrected chi connectivity index (χ0v) is 18.6. The summed E-state index contributed by atoms with van der Waals surface area (Å²) in [5.74, 6) is -0.305. The van der Waals surface area contributed by atoms with Gasteiger partial charge in [0.15, 0.2) is 0 Å². The molecule has 0 fully saturated rings. The predicted octanol–water partition coefficient (Wildman–Crippen LogP) is 2.91. The minimum atomic E-state index is -3.60. The first-order valence-electron chi connectivity index (χ1n) is 9.92. The number of aryl methyl sites for hydroxylation is 2. The molecule has 0 saturated carbocycles. The molecule has 0 bridgehead atoms. The summed E-state index contributed by atoms with van der Waals surface area (Å²) in [6.45, 7) is 6.01. The van der Waals surface area contributed by atoms with Gasteiger partial charge in [0.1, 0.15) is 0 Å². The van der Waals surface area contributed by atoms with Crippen molar-refractivity contribution in [2.45, 2.75) is 25.7 Å². The molecule has 1 amide bonds. The molecule has 0 unspecified atom stereocenters. The van der Waals surface area contributed by atoms with Gasteiger partial charge in [0.25, 0.3) is 0 Å². The molecule has 1 heterocycles. The summed E-state index contributed by atoms with van der Waals surface area (Å²) in [4.78, 5) is 12.3. The summed E-state index contributed by atoms with van der Waals surface area (Å²) in [5.41, 5.74) is 4.56. The van der Waals surface area contributed by atoms with Gasteiger partial charge < -0.3 is 5.32 Å². The first-order valence-corrected chi connectivity index (χ1v) is 11.4. The molecule has 0 aliphatic heterocycles. The standard InChI is InChI=1S/C23H26N4O3S/c1-17-9-11-21(12-10-17)31(29,30)25-16-15-24-23(28)14-13-22-18(2)26-27(19(22)3)20-7-5-4-6-8-20/h4-14,25H,15-16H2,1-3H3,(H,24,28). The van der Waals surface area contributed by atoms with Crippen LogP contribution in [0.4, 0.5) is 0 Å². The highest BCUT2D eigenvalue weighted by Crippen LogP contribution is 2.19. The number of sulfonamides is 1. The van der Waals surface area contributed by atoms with E-state index in [0.717, 1.165) is 28.2 Å². The Morgan fingerprint density at radius 1 is 1.00 bits per heavy atom. The van der Waals surface area contributed by atoms with Crippen molar-refractivity contribution < 1.29 is 13.2 Å². The van der Waals surface area contributed by atoms with Crippen LogP contribution in [0.3, 0.4) is 0 Å². The third-order valence-electron chi connectivity index (χ3n) is 4.80. The van der Waals surface area contributed by atoms with Crippen molar-refractivity contribution in [1.29, 1.82) is 0 Å². The van der Waals surface area contributed by atoms with Gasteiger partial charge >= 0.3 is 0 Å². The Morgan fingerprint density at radius 2 is 1.68 bits per heavy atom. The Kier molecular flexibility index (Phi) is 7.04.